The summed E-state index contributed by atoms with van der Waals surface area (Å²) in [6, 6.07) is 31.7. The van der Waals surface area contributed by atoms with Gasteiger partial charge in [0.15, 0.2) is 5.17 Å². The second-order valence-electron chi connectivity index (χ2n) is 10.5. The van der Waals surface area contributed by atoms with Crippen molar-refractivity contribution in [2.24, 2.45) is 4.99 Å². The van der Waals surface area contributed by atoms with Gasteiger partial charge in [0, 0.05) is 28.7 Å². The lowest BCUT2D eigenvalue weighted by atomic mass is 10.1. The number of aliphatic imine (C=N–C) groups is 1. The molecule has 4 aromatic carbocycles. The van der Waals surface area contributed by atoms with Crippen molar-refractivity contribution in [2.75, 3.05) is 7.11 Å². The van der Waals surface area contributed by atoms with Crippen molar-refractivity contribution in [1.82, 2.24) is 9.47 Å². The molecule has 1 amide bonds. The maximum absolute atomic E-state index is 14.0. The van der Waals surface area contributed by atoms with Crippen molar-refractivity contribution < 1.29 is 19.4 Å². The Balaban J connectivity index is 1.41. The number of hydrogen-bond acceptors (Lipinski definition) is 6. The first-order chi connectivity index (χ1) is 21.9. The van der Waals surface area contributed by atoms with Gasteiger partial charge in [0.2, 0.25) is 0 Å². The molecule has 222 valence electrons. The number of nitrogens with zero attached hydrogens (tertiary/aromatic N) is 4. The van der Waals surface area contributed by atoms with E-state index < -0.39 is 5.97 Å². The molecule has 8 nitrogen and oxygen atoms in total. The fourth-order valence-corrected chi connectivity index (χ4v) is 6.33. The van der Waals surface area contributed by atoms with Crippen molar-refractivity contribution in [3.05, 3.63) is 135 Å². The standard InChI is InChI=1S/C36H28N4O4S/c1-23-31(30-9-5-6-10-32(30)39(23)22-27-8-4-3-7-26(27)20-37)19-33-34(41)40(21-24-11-13-25(14-12-24)35(42)43)36(45-33)38-28-15-17-29(44-2)18-16-28/h3-19H,21-22H2,1-2H3,(H,42,43)/b33-19-,38-36?. The molecule has 1 aliphatic heterocycles. The zero-order valence-electron chi connectivity index (χ0n) is 24.6. The number of hydrogen-bond donors (Lipinski definition) is 1. The highest BCUT2D eigenvalue weighted by molar-refractivity contribution is 8.18. The predicted molar refractivity (Wildman–Crippen MR) is 177 cm³/mol. The minimum atomic E-state index is -1.01. The first-order valence-corrected chi connectivity index (χ1v) is 15.0. The number of ether oxygens (including phenoxy) is 1. The Kier molecular flexibility index (Phi) is 8.23. The molecule has 5 aromatic rings. The molecule has 0 aliphatic carbocycles. The molecule has 1 N–H and O–H groups in total. The molecule has 0 atom stereocenters. The van der Waals surface area contributed by atoms with E-state index in [1.807, 2.05) is 85.8 Å². The van der Waals surface area contributed by atoms with E-state index in [0.717, 1.165) is 33.3 Å². The number of carbonyl (C=O) groups is 2. The average molecular weight is 613 g/mol. The third-order valence-corrected chi connectivity index (χ3v) is 8.75. The zero-order chi connectivity index (χ0) is 31.5. The third-order valence-electron chi connectivity index (χ3n) is 7.75. The van der Waals surface area contributed by atoms with Crippen molar-refractivity contribution in [3.8, 4) is 11.8 Å². The molecule has 1 aliphatic rings. The maximum Gasteiger partial charge on any atom is 0.335 e. The van der Waals surface area contributed by atoms with Crippen LogP contribution in [-0.4, -0.2) is 38.7 Å². The van der Waals surface area contributed by atoms with Crippen molar-refractivity contribution in [1.29, 1.82) is 5.26 Å². The van der Waals surface area contributed by atoms with Crippen LogP contribution in [0, 0.1) is 18.3 Å². The number of amides is 1. The monoisotopic (exact) mass is 612 g/mol. The Hall–Kier alpha value is -5.59. The van der Waals surface area contributed by atoms with Crippen LogP contribution in [0.5, 0.6) is 5.75 Å². The van der Waals surface area contributed by atoms with Gasteiger partial charge in [-0.25, -0.2) is 9.79 Å². The summed E-state index contributed by atoms with van der Waals surface area (Å²) in [6.45, 7) is 2.77. The second-order valence-corrected chi connectivity index (χ2v) is 11.5. The summed E-state index contributed by atoms with van der Waals surface area (Å²) < 4.78 is 7.45. The highest BCUT2D eigenvalue weighted by Gasteiger charge is 2.34. The van der Waals surface area contributed by atoms with Gasteiger partial charge in [-0.05, 0) is 84.4 Å². The SMILES string of the molecule is COc1ccc(N=C2S/C(=C\c3c(C)n(Cc4ccccc4C#N)c4ccccc34)C(=O)N2Cc2ccc(C(=O)O)cc2)cc1. The molecule has 1 saturated heterocycles. The van der Waals surface area contributed by atoms with Gasteiger partial charge in [0.05, 0.1) is 41.4 Å². The van der Waals surface area contributed by atoms with E-state index in [2.05, 4.69) is 10.6 Å². The van der Waals surface area contributed by atoms with E-state index in [-0.39, 0.29) is 18.0 Å². The van der Waals surface area contributed by atoms with E-state index in [9.17, 15) is 20.0 Å². The lowest BCUT2D eigenvalue weighted by Crippen LogP contribution is -2.28. The van der Waals surface area contributed by atoms with E-state index in [1.165, 1.54) is 23.9 Å². The minimum Gasteiger partial charge on any atom is -0.497 e. The number of nitriles is 1. The largest absolute Gasteiger partial charge is 0.497 e. The lowest BCUT2D eigenvalue weighted by Gasteiger charge is -2.16. The number of aromatic nitrogens is 1. The number of amidine groups is 1. The number of carboxylic acid groups (broad SMARTS) is 1. The van der Waals surface area contributed by atoms with E-state index in [4.69, 9.17) is 9.73 Å². The normalized spacial score (nSPS) is 14.8. The minimum absolute atomic E-state index is 0.179. The van der Waals surface area contributed by atoms with Crippen molar-refractivity contribution in [2.45, 2.75) is 20.0 Å². The van der Waals surface area contributed by atoms with Gasteiger partial charge >= 0.3 is 5.97 Å². The van der Waals surface area contributed by atoms with Crippen LogP contribution in [0.15, 0.2) is 107 Å². The molecule has 0 radical (unpaired) electrons. The number of fused-ring (bicyclic) bond motifs is 1. The Morgan fingerprint density at radius 2 is 1.69 bits per heavy atom. The number of para-hydroxylation sites is 1. The number of methoxy groups -OCH3 is 1. The Labute approximate surface area is 264 Å². The highest BCUT2D eigenvalue weighted by Crippen LogP contribution is 2.38. The molecule has 0 spiro atoms. The van der Waals surface area contributed by atoms with Crippen LogP contribution in [0.2, 0.25) is 0 Å². The van der Waals surface area contributed by atoms with E-state index in [0.29, 0.717) is 33.6 Å². The molecule has 9 heteroatoms. The van der Waals surface area contributed by atoms with Crippen LogP contribution in [0.4, 0.5) is 5.69 Å². The van der Waals surface area contributed by atoms with Crippen molar-refractivity contribution in [3.63, 3.8) is 0 Å². The van der Waals surface area contributed by atoms with Crippen molar-refractivity contribution >= 4 is 51.5 Å². The summed E-state index contributed by atoms with van der Waals surface area (Å²) in [5.74, 6) is -0.498. The number of thioether (sulfide) groups is 1. The quantitative estimate of drug-likeness (QED) is 0.183. The van der Waals surface area contributed by atoms with Gasteiger partial charge in [0.25, 0.3) is 5.91 Å². The van der Waals surface area contributed by atoms with Gasteiger partial charge in [-0.1, -0.05) is 48.5 Å². The van der Waals surface area contributed by atoms with Crippen LogP contribution in [0.1, 0.15) is 38.3 Å². The number of aromatic carboxylic acids is 1. The van der Waals surface area contributed by atoms with Gasteiger partial charge in [-0.3, -0.25) is 9.69 Å². The molecule has 1 fully saturated rings. The van der Waals surface area contributed by atoms with E-state index in [1.54, 1.807) is 24.1 Å². The Morgan fingerprint density at radius 3 is 2.40 bits per heavy atom. The first kappa shape index (κ1) is 29.5. The zero-order valence-corrected chi connectivity index (χ0v) is 25.4. The fraction of sp³-hybridized carbons (Fsp3) is 0.111. The molecule has 0 saturated carbocycles. The number of carboxylic acids is 1. The fourth-order valence-electron chi connectivity index (χ4n) is 5.35. The smallest absolute Gasteiger partial charge is 0.335 e. The van der Waals surface area contributed by atoms with Gasteiger partial charge in [-0.15, -0.1) is 0 Å². The molecule has 0 unspecified atom stereocenters. The summed E-state index contributed by atoms with van der Waals surface area (Å²) in [5.41, 5.74) is 6.08. The van der Waals surface area contributed by atoms with Gasteiger partial charge < -0.3 is 14.4 Å². The summed E-state index contributed by atoms with van der Waals surface area (Å²) >= 11 is 1.30. The molecule has 1 aromatic heterocycles. The van der Waals surface area contributed by atoms with Gasteiger partial charge in [0.1, 0.15) is 5.75 Å². The Morgan fingerprint density at radius 1 is 0.978 bits per heavy atom. The molecular formula is C36H28N4O4S. The third kappa shape index (κ3) is 5.96. The van der Waals surface area contributed by atoms with Crippen LogP contribution in [0.3, 0.4) is 0 Å². The maximum atomic E-state index is 14.0. The van der Waals surface area contributed by atoms with Crippen LogP contribution >= 0.6 is 11.8 Å². The number of benzene rings is 4. The summed E-state index contributed by atoms with van der Waals surface area (Å²) in [5, 5.41) is 20.5. The Bertz CT molecular complexity index is 2040. The summed E-state index contributed by atoms with van der Waals surface area (Å²) in [4.78, 5) is 32.3. The molecule has 2 heterocycles. The molecule has 0 bridgehead atoms. The first-order valence-electron chi connectivity index (χ1n) is 14.2. The summed E-state index contributed by atoms with van der Waals surface area (Å²) in [7, 11) is 1.60. The van der Waals surface area contributed by atoms with Gasteiger partial charge in [-0.2, -0.15) is 5.26 Å². The lowest BCUT2D eigenvalue weighted by molar-refractivity contribution is -0.122. The highest BCUT2D eigenvalue weighted by atomic mass is 32.2. The molecule has 6 rings (SSSR count). The van der Waals surface area contributed by atoms with Crippen LogP contribution < -0.4 is 4.74 Å². The molecular weight excluding hydrogens is 584 g/mol. The predicted octanol–water partition coefficient (Wildman–Crippen LogP) is 7.38. The number of carbonyl (C=O) groups excluding carboxylic acids is 1. The van der Waals surface area contributed by atoms with Crippen LogP contribution in [-0.2, 0) is 17.9 Å². The number of rotatable bonds is 8. The average Bonchev–Trinajstić information content (AvgIpc) is 3.49. The second kappa shape index (κ2) is 12.6. The van der Waals surface area contributed by atoms with E-state index >= 15 is 0 Å². The van der Waals surface area contributed by atoms with Crippen LogP contribution in [0.25, 0.3) is 17.0 Å². The molecule has 45 heavy (non-hydrogen) atoms. The topological polar surface area (TPSA) is 108 Å². The summed E-state index contributed by atoms with van der Waals surface area (Å²) in [6.07, 6.45) is 1.93.